The summed E-state index contributed by atoms with van der Waals surface area (Å²) >= 11 is 0. The highest BCUT2D eigenvalue weighted by atomic mass is 28.3. The van der Waals surface area contributed by atoms with Crippen LogP contribution in [0.25, 0.3) is 50.5 Å². The van der Waals surface area contributed by atoms with Crippen LogP contribution in [0.2, 0.25) is 0 Å². The Morgan fingerprint density at radius 3 is 1.32 bits per heavy atom. The predicted octanol–water partition coefficient (Wildman–Crippen LogP) is 7.68. The van der Waals surface area contributed by atoms with E-state index in [9.17, 15) is 0 Å². The van der Waals surface area contributed by atoms with Crippen LogP contribution in [0.3, 0.4) is 0 Å². The van der Waals surface area contributed by atoms with Crippen molar-refractivity contribution in [2.24, 2.45) is 0 Å². The maximum Gasteiger partial charge on any atom is 0.238 e. The number of rotatable bonds is 7. The molecule has 50 heavy (non-hydrogen) atoms. The predicted molar refractivity (Wildman–Crippen MR) is 209 cm³/mol. The highest BCUT2D eigenvalue weighted by Gasteiger charge is 2.43. The molecule has 0 aliphatic heterocycles. The average molecular weight is 657 g/mol. The Kier molecular flexibility index (Phi) is 7.45. The molecule has 0 N–H and O–H groups in total. The van der Waals surface area contributed by atoms with Gasteiger partial charge in [0.2, 0.25) is 5.95 Å². The smallest absolute Gasteiger partial charge is 0.238 e. The lowest BCUT2D eigenvalue weighted by atomic mass is 10.2. The SMILES string of the molecule is c1ccc(-c2nc(-c3ccccc3[Si](c3ccccc3)(c3ccccc3)c3ccccc3)nc(-n3c4ccccc4c4ccccc43)n2)cc1. The second kappa shape index (κ2) is 12.5. The molecule has 0 spiro atoms. The van der Waals surface area contributed by atoms with Crippen molar-refractivity contribution in [3.8, 4) is 28.7 Å². The third-order valence-electron chi connectivity index (χ3n) is 9.63. The molecule has 9 rings (SSSR count). The molecular weight excluding hydrogens is 625 g/mol. The van der Waals surface area contributed by atoms with Crippen LogP contribution in [0.5, 0.6) is 0 Å². The monoisotopic (exact) mass is 656 g/mol. The first-order valence-corrected chi connectivity index (χ1v) is 18.9. The minimum absolute atomic E-state index is 0.590. The molecule has 0 saturated heterocycles. The molecule has 0 atom stereocenters. The molecule has 0 aliphatic rings. The molecule has 0 bridgehead atoms. The van der Waals surface area contributed by atoms with E-state index in [1.165, 1.54) is 20.7 Å². The van der Waals surface area contributed by atoms with Gasteiger partial charge in [-0.3, -0.25) is 4.57 Å². The fourth-order valence-electron chi connectivity index (χ4n) is 7.48. The van der Waals surface area contributed by atoms with Crippen LogP contribution in [0, 0.1) is 0 Å². The number of benzene rings is 7. The van der Waals surface area contributed by atoms with Crippen LogP contribution in [-0.2, 0) is 0 Å². The number of hydrogen-bond donors (Lipinski definition) is 0. The highest BCUT2D eigenvalue weighted by Crippen LogP contribution is 2.32. The lowest BCUT2D eigenvalue weighted by molar-refractivity contribution is 0.954. The van der Waals surface area contributed by atoms with Gasteiger partial charge in [-0.2, -0.15) is 9.97 Å². The number of para-hydroxylation sites is 2. The molecule has 0 saturated carbocycles. The van der Waals surface area contributed by atoms with E-state index in [1.54, 1.807) is 0 Å². The van der Waals surface area contributed by atoms with Gasteiger partial charge in [0, 0.05) is 21.9 Å². The molecule has 2 aromatic heterocycles. The van der Waals surface area contributed by atoms with E-state index in [4.69, 9.17) is 15.0 Å². The second-order valence-corrected chi connectivity index (χ2v) is 16.2. The molecule has 5 heteroatoms. The third kappa shape index (κ3) is 4.87. The summed E-state index contributed by atoms with van der Waals surface area (Å²) in [7, 11) is -2.90. The van der Waals surface area contributed by atoms with Gasteiger partial charge in [-0.15, -0.1) is 0 Å². The van der Waals surface area contributed by atoms with E-state index >= 15 is 0 Å². The van der Waals surface area contributed by atoms with Crippen molar-refractivity contribution in [2.45, 2.75) is 0 Å². The first-order valence-electron chi connectivity index (χ1n) is 16.9. The number of hydrogen-bond acceptors (Lipinski definition) is 3. The molecule has 0 unspecified atom stereocenters. The van der Waals surface area contributed by atoms with Crippen LogP contribution in [0.1, 0.15) is 0 Å². The van der Waals surface area contributed by atoms with E-state index in [1.807, 2.05) is 18.2 Å². The Balaban J connectivity index is 1.39. The summed E-state index contributed by atoms with van der Waals surface area (Å²) in [4.78, 5) is 15.9. The van der Waals surface area contributed by atoms with Crippen LogP contribution in [0.15, 0.2) is 194 Å². The Labute approximate surface area is 292 Å². The minimum atomic E-state index is -2.90. The molecule has 4 nitrogen and oxygen atoms in total. The molecule has 0 aliphatic carbocycles. The molecular formula is C45H32N4Si. The summed E-state index contributed by atoms with van der Waals surface area (Å²) in [5.41, 5.74) is 4.05. The van der Waals surface area contributed by atoms with Crippen molar-refractivity contribution in [2.75, 3.05) is 0 Å². The van der Waals surface area contributed by atoms with Gasteiger partial charge in [0.15, 0.2) is 19.7 Å². The van der Waals surface area contributed by atoms with Crippen LogP contribution >= 0.6 is 0 Å². The van der Waals surface area contributed by atoms with Crippen LogP contribution in [0.4, 0.5) is 0 Å². The second-order valence-electron chi connectivity index (χ2n) is 12.4. The first kappa shape index (κ1) is 29.7. The maximum atomic E-state index is 5.39. The lowest BCUT2D eigenvalue weighted by Gasteiger charge is -2.35. The fourth-order valence-corrected chi connectivity index (χ4v) is 12.4. The van der Waals surface area contributed by atoms with Crippen molar-refractivity contribution in [3.05, 3.63) is 194 Å². The number of aromatic nitrogens is 4. The van der Waals surface area contributed by atoms with E-state index in [-0.39, 0.29) is 0 Å². The fraction of sp³-hybridized carbons (Fsp3) is 0. The zero-order valence-electron chi connectivity index (χ0n) is 27.3. The molecule has 9 aromatic rings. The van der Waals surface area contributed by atoms with Crippen molar-refractivity contribution in [1.29, 1.82) is 0 Å². The maximum absolute atomic E-state index is 5.39. The van der Waals surface area contributed by atoms with Crippen molar-refractivity contribution < 1.29 is 0 Å². The van der Waals surface area contributed by atoms with Gasteiger partial charge in [0.1, 0.15) is 0 Å². The topological polar surface area (TPSA) is 43.6 Å². The average Bonchev–Trinajstić information content (AvgIpc) is 3.54. The molecule has 0 radical (unpaired) electrons. The van der Waals surface area contributed by atoms with Crippen molar-refractivity contribution in [3.63, 3.8) is 0 Å². The summed E-state index contributed by atoms with van der Waals surface area (Å²) in [5, 5.41) is 7.44. The number of fused-ring (bicyclic) bond motifs is 3. The number of nitrogens with zero attached hydrogens (tertiary/aromatic N) is 4. The van der Waals surface area contributed by atoms with Gasteiger partial charge >= 0.3 is 0 Å². The van der Waals surface area contributed by atoms with Gasteiger partial charge in [0.05, 0.1) is 11.0 Å². The van der Waals surface area contributed by atoms with Gasteiger partial charge < -0.3 is 0 Å². The van der Waals surface area contributed by atoms with E-state index in [2.05, 4.69) is 180 Å². The van der Waals surface area contributed by atoms with E-state index < -0.39 is 8.07 Å². The highest BCUT2D eigenvalue weighted by molar-refractivity contribution is 7.20. The standard InChI is InChI=1S/C45H32N4Si/c1-5-19-33(20-6-1)43-46-44(48-45(47-43)49-40-30-16-13-27-37(40)38-28-14-17-31-41(38)49)39-29-15-18-32-42(39)50(34-21-7-2-8-22-34,35-23-9-3-10-24-35)36-25-11-4-12-26-36/h1-32H. The Morgan fingerprint density at radius 1 is 0.360 bits per heavy atom. The van der Waals surface area contributed by atoms with Crippen molar-refractivity contribution in [1.82, 2.24) is 19.5 Å². The zero-order chi connectivity index (χ0) is 33.3. The summed E-state index contributed by atoms with van der Waals surface area (Å²) in [6, 6.07) is 68.9. The van der Waals surface area contributed by atoms with E-state index in [0.29, 0.717) is 17.6 Å². The molecule has 236 valence electrons. The molecule has 2 heterocycles. The normalized spacial score (nSPS) is 11.6. The largest absolute Gasteiger partial charge is 0.278 e. The Morgan fingerprint density at radius 2 is 0.780 bits per heavy atom. The van der Waals surface area contributed by atoms with E-state index in [0.717, 1.165) is 32.9 Å². The summed E-state index contributed by atoms with van der Waals surface area (Å²) in [5.74, 6) is 1.87. The van der Waals surface area contributed by atoms with Gasteiger partial charge in [-0.25, -0.2) is 4.98 Å². The van der Waals surface area contributed by atoms with Crippen LogP contribution < -0.4 is 20.7 Å². The minimum Gasteiger partial charge on any atom is -0.278 e. The summed E-state index contributed by atoms with van der Waals surface area (Å²) < 4.78 is 2.18. The quantitative estimate of drug-likeness (QED) is 0.131. The van der Waals surface area contributed by atoms with Crippen LogP contribution in [-0.4, -0.2) is 27.6 Å². The molecule has 0 amide bonds. The van der Waals surface area contributed by atoms with Gasteiger partial charge in [0.25, 0.3) is 0 Å². The summed E-state index contributed by atoms with van der Waals surface area (Å²) in [6.45, 7) is 0. The zero-order valence-corrected chi connectivity index (χ0v) is 28.3. The Hall–Kier alpha value is -6.43. The first-order chi connectivity index (χ1) is 24.8. The van der Waals surface area contributed by atoms with Gasteiger partial charge in [-0.1, -0.05) is 182 Å². The van der Waals surface area contributed by atoms with Gasteiger partial charge in [-0.05, 0) is 32.9 Å². The van der Waals surface area contributed by atoms with Crippen molar-refractivity contribution >= 4 is 50.6 Å². The third-order valence-corrected chi connectivity index (χ3v) is 14.5. The Bertz CT molecular complexity index is 2440. The lowest BCUT2D eigenvalue weighted by Crippen LogP contribution is -2.75. The molecule has 0 fully saturated rings. The summed E-state index contributed by atoms with van der Waals surface area (Å²) in [6.07, 6.45) is 0. The molecule has 7 aromatic carbocycles.